The van der Waals surface area contributed by atoms with Crippen LogP contribution in [0, 0.1) is 40.9 Å². The van der Waals surface area contributed by atoms with Gasteiger partial charge in [-0.15, -0.1) is 6.58 Å². The molecule has 8 atom stereocenters. The molecule has 146 valence electrons. The molecule has 0 aliphatic heterocycles. The summed E-state index contributed by atoms with van der Waals surface area (Å²) in [7, 11) is 0. The first-order valence-electron chi connectivity index (χ1n) is 11.0. The van der Waals surface area contributed by atoms with Gasteiger partial charge in [0.15, 0.2) is 0 Å². The summed E-state index contributed by atoms with van der Waals surface area (Å²) in [5, 5.41) is 12.7. The summed E-state index contributed by atoms with van der Waals surface area (Å²) >= 11 is 0. The second-order valence-electron chi connectivity index (χ2n) is 9.73. The average molecular weight is 368 g/mol. The molecule has 4 fully saturated rings. The van der Waals surface area contributed by atoms with E-state index in [1.54, 1.807) is 0 Å². The van der Waals surface area contributed by atoms with E-state index in [9.17, 15) is 5.21 Å². The predicted octanol–water partition coefficient (Wildman–Crippen LogP) is 5.37. The van der Waals surface area contributed by atoms with E-state index in [1.165, 1.54) is 36.8 Å². The van der Waals surface area contributed by atoms with Crippen LogP contribution in [0.3, 0.4) is 0 Å². The van der Waals surface area contributed by atoms with Crippen molar-refractivity contribution >= 4 is 5.71 Å². The molecule has 3 heteroatoms. The minimum Gasteiger partial charge on any atom is -0.411 e. The maximum atomic E-state index is 9.22. The predicted molar refractivity (Wildman–Crippen MR) is 108 cm³/mol. The molecule has 1 N–H and O–H groups in total. The lowest BCUT2D eigenvalue weighted by Gasteiger charge is -2.56. The smallest absolute Gasteiger partial charge is 0.0798 e. The second-order valence-corrected chi connectivity index (χ2v) is 9.73. The summed E-state index contributed by atoms with van der Waals surface area (Å²) in [6, 6.07) is 0. The van der Waals surface area contributed by atoms with E-state index in [0.29, 0.717) is 24.0 Å². The van der Waals surface area contributed by atoms with Crippen molar-refractivity contribution in [3.05, 3.63) is 36.5 Å². The molecular weight excluding hydrogens is 334 g/mol. The van der Waals surface area contributed by atoms with Crippen molar-refractivity contribution in [2.45, 2.75) is 58.0 Å². The van der Waals surface area contributed by atoms with Crippen LogP contribution in [0.4, 0.5) is 0 Å². The quantitative estimate of drug-likeness (QED) is 0.412. The fourth-order valence-electron chi connectivity index (χ4n) is 7.97. The van der Waals surface area contributed by atoms with Crippen molar-refractivity contribution in [2.75, 3.05) is 6.61 Å². The topological polar surface area (TPSA) is 41.8 Å². The highest BCUT2D eigenvalue weighted by molar-refractivity contribution is 5.96. The molecule has 0 aromatic carbocycles. The molecule has 0 heterocycles. The number of nitrogens with zero attached hydrogens (tertiary/aromatic N) is 1. The Balaban J connectivity index is 1.48. The lowest BCUT2D eigenvalue weighted by Crippen LogP contribution is -2.51. The Hall–Kier alpha value is -1.35. The summed E-state index contributed by atoms with van der Waals surface area (Å²) in [5.41, 5.74) is 3.91. The van der Waals surface area contributed by atoms with Crippen molar-refractivity contribution < 1.29 is 9.94 Å². The van der Waals surface area contributed by atoms with Crippen LogP contribution in [0.1, 0.15) is 51.9 Å². The molecule has 0 aromatic heterocycles. The maximum absolute atomic E-state index is 9.22. The van der Waals surface area contributed by atoms with Gasteiger partial charge in [-0.25, -0.2) is 0 Å². The highest BCUT2D eigenvalue weighted by Gasteiger charge is 2.70. The third kappa shape index (κ3) is 2.40. The summed E-state index contributed by atoms with van der Waals surface area (Å²) in [4.78, 5) is 0. The van der Waals surface area contributed by atoms with Crippen molar-refractivity contribution in [1.82, 2.24) is 0 Å². The maximum Gasteiger partial charge on any atom is 0.0798 e. The Kier molecular flexibility index (Phi) is 4.16. The number of hydrogen-bond donors (Lipinski definition) is 1. The summed E-state index contributed by atoms with van der Waals surface area (Å²) < 4.78 is 6.42. The molecule has 5 rings (SSSR count). The first-order valence-corrected chi connectivity index (χ1v) is 11.0. The molecule has 4 saturated carbocycles. The number of ether oxygens (including phenoxy) is 1. The molecule has 8 unspecified atom stereocenters. The largest absolute Gasteiger partial charge is 0.411 e. The molecule has 5 aliphatic rings. The zero-order valence-corrected chi connectivity index (χ0v) is 16.6. The van der Waals surface area contributed by atoms with Gasteiger partial charge in [-0.2, -0.15) is 0 Å². The summed E-state index contributed by atoms with van der Waals surface area (Å²) in [5.74, 6) is 4.66. The number of allylic oxidation sites excluding steroid dienone is 3. The number of rotatable bonds is 4. The Labute approximate surface area is 163 Å². The van der Waals surface area contributed by atoms with Gasteiger partial charge in [-0.3, -0.25) is 0 Å². The molecule has 3 nitrogen and oxygen atoms in total. The van der Waals surface area contributed by atoms with E-state index in [-0.39, 0.29) is 0 Å². The highest BCUT2D eigenvalue weighted by Crippen LogP contribution is 2.74. The van der Waals surface area contributed by atoms with Crippen molar-refractivity contribution in [2.24, 2.45) is 46.1 Å². The molecule has 5 aliphatic carbocycles. The van der Waals surface area contributed by atoms with E-state index < -0.39 is 0 Å². The van der Waals surface area contributed by atoms with Crippen molar-refractivity contribution in [3.8, 4) is 0 Å². The lowest BCUT2D eigenvalue weighted by molar-refractivity contribution is -0.104. The third-order valence-corrected chi connectivity index (χ3v) is 8.95. The highest BCUT2D eigenvalue weighted by atomic mass is 16.5. The van der Waals surface area contributed by atoms with Gasteiger partial charge in [-0.1, -0.05) is 30.3 Å². The minimum atomic E-state index is 0.381. The number of oxime groups is 1. The van der Waals surface area contributed by atoms with Gasteiger partial charge < -0.3 is 9.94 Å². The molecule has 0 saturated heterocycles. The molecule has 0 amide bonds. The van der Waals surface area contributed by atoms with E-state index in [2.05, 4.69) is 31.3 Å². The first kappa shape index (κ1) is 17.7. The Morgan fingerprint density at radius 2 is 2.15 bits per heavy atom. The fourth-order valence-corrected chi connectivity index (χ4v) is 7.97. The summed E-state index contributed by atoms with van der Waals surface area (Å²) in [6.45, 7) is 11.5. The second kappa shape index (κ2) is 6.34. The van der Waals surface area contributed by atoms with Gasteiger partial charge in [0.05, 0.1) is 18.4 Å². The van der Waals surface area contributed by atoms with E-state index >= 15 is 0 Å². The van der Waals surface area contributed by atoms with Crippen LogP contribution in [0.15, 0.2) is 41.6 Å². The van der Waals surface area contributed by atoms with Crippen LogP contribution in [0.25, 0.3) is 0 Å². The van der Waals surface area contributed by atoms with Crippen molar-refractivity contribution in [1.29, 1.82) is 0 Å². The lowest BCUT2D eigenvalue weighted by atomic mass is 9.49. The molecule has 27 heavy (non-hydrogen) atoms. The van der Waals surface area contributed by atoms with Crippen LogP contribution < -0.4 is 0 Å². The van der Waals surface area contributed by atoms with Crippen LogP contribution in [-0.4, -0.2) is 23.6 Å². The first-order chi connectivity index (χ1) is 13.1. The average Bonchev–Trinajstić information content (AvgIpc) is 3.42. The third-order valence-electron chi connectivity index (χ3n) is 8.95. The molecular formula is C24H33NO2. The normalized spacial score (nSPS) is 48.9. The van der Waals surface area contributed by atoms with Gasteiger partial charge in [0.1, 0.15) is 0 Å². The minimum absolute atomic E-state index is 0.381. The van der Waals surface area contributed by atoms with Crippen molar-refractivity contribution in [3.63, 3.8) is 0 Å². The van der Waals surface area contributed by atoms with Gasteiger partial charge in [0.2, 0.25) is 0 Å². The SMILES string of the molecule is C=CCOC1C2CC2C2C3CC(=C)C4=C/C(=N/O)CCC4C3CCC12CC. The van der Waals surface area contributed by atoms with Gasteiger partial charge >= 0.3 is 0 Å². The monoisotopic (exact) mass is 367 g/mol. The zero-order valence-electron chi connectivity index (χ0n) is 16.6. The summed E-state index contributed by atoms with van der Waals surface area (Å²) in [6.07, 6.45) is 12.9. The molecule has 0 aromatic rings. The van der Waals surface area contributed by atoms with Gasteiger partial charge in [0.25, 0.3) is 0 Å². The van der Waals surface area contributed by atoms with E-state index in [1.807, 2.05) is 6.08 Å². The molecule has 0 bridgehead atoms. The number of hydrogen-bond acceptors (Lipinski definition) is 3. The zero-order chi connectivity index (χ0) is 18.8. The van der Waals surface area contributed by atoms with Crippen LogP contribution in [0.5, 0.6) is 0 Å². The van der Waals surface area contributed by atoms with E-state index in [4.69, 9.17) is 4.74 Å². The molecule has 0 spiro atoms. The standard InChI is InChI=1S/C24H33NO2/c1-4-10-27-23-21-13-20(21)22-19-11-14(3)18-12-15(25-26)6-7-16(18)17(19)8-9-24(22,23)5-2/h4,12,16-17,19-23,26H,1,3,5-11,13H2,2H3/b25-15+. The Bertz CT molecular complexity index is 722. The van der Waals surface area contributed by atoms with Gasteiger partial charge in [-0.05, 0) is 92.1 Å². The Morgan fingerprint density at radius 1 is 1.30 bits per heavy atom. The van der Waals surface area contributed by atoms with Crippen LogP contribution in [0.2, 0.25) is 0 Å². The number of fused-ring (bicyclic) bond motifs is 7. The molecule has 0 radical (unpaired) electrons. The van der Waals surface area contributed by atoms with Crippen LogP contribution >= 0.6 is 0 Å². The Morgan fingerprint density at radius 3 is 2.89 bits per heavy atom. The van der Waals surface area contributed by atoms with Gasteiger partial charge in [0, 0.05) is 5.41 Å². The fraction of sp³-hybridized carbons (Fsp3) is 0.708. The van der Waals surface area contributed by atoms with Crippen LogP contribution in [-0.2, 0) is 4.74 Å². The van der Waals surface area contributed by atoms with E-state index in [0.717, 1.165) is 54.6 Å².